The maximum absolute atomic E-state index is 13.2. The summed E-state index contributed by atoms with van der Waals surface area (Å²) in [5.74, 6) is 0.00496. The highest BCUT2D eigenvalue weighted by Crippen LogP contribution is 2.19. The smallest absolute Gasteiger partial charge is 0.242 e. The van der Waals surface area contributed by atoms with Crippen molar-refractivity contribution >= 4 is 23.2 Å². The van der Waals surface area contributed by atoms with Gasteiger partial charge in [-0.3, -0.25) is 9.59 Å². The lowest BCUT2D eigenvalue weighted by molar-refractivity contribution is -0.141. The van der Waals surface area contributed by atoms with Crippen LogP contribution in [0.4, 0.5) is 0 Å². The third kappa shape index (κ3) is 7.99. The minimum absolute atomic E-state index is 0.0261. The van der Waals surface area contributed by atoms with Crippen LogP contribution in [-0.2, 0) is 27.4 Å². The lowest BCUT2D eigenvalue weighted by atomic mass is 10.2. The number of nitrogens with zero attached hydrogens (tertiary/aromatic N) is 2. The fourth-order valence-corrected chi connectivity index (χ4v) is 4.03. The molecule has 0 aliphatic heterocycles. The van der Waals surface area contributed by atoms with E-state index in [1.165, 1.54) is 4.88 Å². The predicted molar refractivity (Wildman–Crippen MR) is 118 cm³/mol. The van der Waals surface area contributed by atoms with Gasteiger partial charge in [0.1, 0.15) is 0 Å². The summed E-state index contributed by atoms with van der Waals surface area (Å²) in [6, 6.07) is 14.1. The monoisotopic (exact) mass is 416 g/mol. The zero-order chi connectivity index (χ0) is 21.1. The van der Waals surface area contributed by atoms with Crippen molar-refractivity contribution in [1.82, 2.24) is 9.80 Å². The van der Waals surface area contributed by atoms with Crippen molar-refractivity contribution in [3.05, 3.63) is 57.8 Å². The Labute approximate surface area is 178 Å². The third-order valence-electron chi connectivity index (χ3n) is 4.63. The van der Waals surface area contributed by atoms with E-state index in [0.717, 1.165) is 23.3 Å². The predicted octanol–water partition coefficient (Wildman–Crippen LogP) is 4.25. The van der Waals surface area contributed by atoms with E-state index in [1.807, 2.05) is 42.2 Å². The topological polar surface area (TPSA) is 49.9 Å². The van der Waals surface area contributed by atoms with Crippen molar-refractivity contribution in [3.8, 4) is 0 Å². The lowest BCUT2D eigenvalue weighted by Gasteiger charge is -2.28. The molecule has 2 amide bonds. The molecule has 0 aliphatic carbocycles. The summed E-state index contributed by atoms with van der Waals surface area (Å²) in [5, 5.41) is 0. The molecule has 0 radical (unpaired) electrons. The Hall–Kier alpha value is -2.18. The van der Waals surface area contributed by atoms with Gasteiger partial charge >= 0.3 is 0 Å². The molecule has 1 aromatic carbocycles. The number of carbonyl (C=O) groups is 2. The zero-order valence-corrected chi connectivity index (χ0v) is 18.5. The quantitative estimate of drug-likeness (QED) is 0.486. The van der Waals surface area contributed by atoms with Crippen LogP contribution in [0.1, 0.15) is 41.5 Å². The van der Waals surface area contributed by atoms with E-state index >= 15 is 0 Å². The molecule has 0 atom stereocenters. The number of ether oxygens (including phenoxy) is 1. The van der Waals surface area contributed by atoms with Crippen LogP contribution >= 0.6 is 11.3 Å². The first-order valence-electron chi connectivity index (χ1n) is 10.2. The average Bonchev–Trinajstić information content (AvgIpc) is 3.12. The van der Waals surface area contributed by atoms with Gasteiger partial charge in [0.2, 0.25) is 11.8 Å². The number of hydrogen-bond donors (Lipinski definition) is 0. The summed E-state index contributed by atoms with van der Waals surface area (Å²) in [5.41, 5.74) is 1.08. The Morgan fingerprint density at radius 1 is 1.00 bits per heavy atom. The molecule has 158 valence electrons. The van der Waals surface area contributed by atoms with Gasteiger partial charge in [0.15, 0.2) is 0 Å². The van der Waals surface area contributed by atoms with Crippen molar-refractivity contribution in [3.63, 3.8) is 0 Å². The summed E-state index contributed by atoms with van der Waals surface area (Å²) in [6.45, 7) is 6.36. The molecule has 0 unspecified atom stereocenters. The van der Waals surface area contributed by atoms with Gasteiger partial charge in [0, 0.05) is 43.0 Å². The van der Waals surface area contributed by atoms with Gasteiger partial charge in [-0.2, -0.15) is 0 Å². The molecule has 0 saturated heterocycles. The van der Waals surface area contributed by atoms with Crippen LogP contribution in [0.25, 0.3) is 0 Å². The van der Waals surface area contributed by atoms with Crippen LogP contribution in [-0.4, -0.2) is 48.4 Å². The summed E-state index contributed by atoms with van der Waals surface area (Å²) in [7, 11) is 1.65. The molecule has 1 heterocycles. The number of benzene rings is 1. The highest BCUT2D eigenvalue weighted by molar-refractivity contribution is 7.11. The first-order chi connectivity index (χ1) is 14.0. The van der Waals surface area contributed by atoms with E-state index in [-0.39, 0.29) is 18.4 Å². The van der Waals surface area contributed by atoms with Crippen molar-refractivity contribution < 1.29 is 14.3 Å². The van der Waals surface area contributed by atoms with Gasteiger partial charge in [-0.25, -0.2) is 0 Å². The number of rotatable bonds is 12. The Morgan fingerprint density at radius 2 is 1.76 bits per heavy atom. The Kier molecular flexibility index (Phi) is 9.88. The number of aryl methyl sites for hydroxylation is 1. The van der Waals surface area contributed by atoms with Gasteiger partial charge in [-0.15, -0.1) is 11.3 Å². The fourth-order valence-electron chi connectivity index (χ4n) is 3.12. The van der Waals surface area contributed by atoms with Crippen LogP contribution < -0.4 is 0 Å². The second-order valence-electron chi connectivity index (χ2n) is 7.16. The summed E-state index contributed by atoms with van der Waals surface area (Å²) in [6.07, 6.45) is 1.96. The normalized spacial score (nSPS) is 10.7. The molecular weight excluding hydrogens is 384 g/mol. The molecule has 6 heteroatoms. The first kappa shape index (κ1) is 23.1. The maximum atomic E-state index is 13.2. The molecule has 0 N–H and O–H groups in total. The van der Waals surface area contributed by atoms with Gasteiger partial charge in [-0.1, -0.05) is 37.3 Å². The molecule has 1 aromatic heterocycles. The minimum atomic E-state index is -0.0261. The van der Waals surface area contributed by atoms with Crippen molar-refractivity contribution in [2.45, 2.75) is 46.2 Å². The minimum Gasteiger partial charge on any atom is -0.385 e. The van der Waals surface area contributed by atoms with Gasteiger partial charge in [-0.05, 0) is 37.5 Å². The molecule has 0 bridgehead atoms. The van der Waals surface area contributed by atoms with Gasteiger partial charge < -0.3 is 14.5 Å². The Bertz CT molecular complexity index is 760. The molecule has 0 fully saturated rings. The van der Waals surface area contributed by atoms with Crippen molar-refractivity contribution in [1.29, 1.82) is 0 Å². The highest BCUT2D eigenvalue weighted by atomic mass is 32.1. The van der Waals surface area contributed by atoms with Crippen molar-refractivity contribution in [2.24, 2.45) is 0 Å². The number of hydrogen-bond acceptors (Lipinski definition) is 4. The molecule has 0 saturated carbocycles. The number of amides is 2. The average molecular weight is 417 g/mol. The van der Waals surface area contributed by atoms with Crippen LogP contribution in [0.15, 0.2) is 42.5 Å². The summed E-state index contributed by atoms with van der Waals surface area (Å²) >= 11 is 1.70. The van der Waals surface area contributed by atoms with E-state index in [2.05, 4.69) is 19.1 Å². The SMILES string of the molecule is CCCC(=O)N(CCCOC)CC(=O)N(Cc1ccccc1)Cc1ccc(C)s1. The largest absolute Gasteiger partial charge is 0.385 e. The second-order valence-corrected chi connectivity index (χ2v) is 8.53. The zero-order valence-electron chi connectivity index (χ0n) is 17.7. The van der Waals surface area contributed by atoms with Gasteiger partial charge in [0.25, 0.3) is 0 Å². The molecule has 0 aliphatic rings. The van der Waals surface area contributed by atoms with Crippen molar-refractivity contribution in [2.75, 3.05) is 26.8 Å². The van der Waals surface area contributed by atoms with E-state index in [1.54, 1.807) is 23.3 Å². The van der Waals surface area contributed by atoms with E-state index < -0.39 is 0 Å². The number of thiophene rings is 1. The third-order valence-corrected chi connectivity index (χ3v) is 5.62. The molecular formula is C23H32N2O3S. The van der Waals surface area contributed by atoms with E-state index in [4.69, 9.17) is 4.74 Å². The van der Waals surface area contributed by atoms with E-state index in [9.17, 15) is 9.59 Å². The fraction of sp³-hybridized carbons (Fsp3) is 0.478. The van der Waals surface area contributed by atoms with Crippen LogP contribution in [0, 0.1) is 6.92 Å². The lowest BCUT2D eigenvalue weighted by Crippen LogP contribution is -2.43. The van der Waals surface area contributed by atoms with Crippen LogP contribution in [0.3, 0.4) is 0 Å². The van der Waals surface area contributed by atoms with Gasteiger partial charge in [0.05, 0.1) is 13.1 Å². The molecule has 0 spiro atoms. The Morgan fingerprint density at radius 3 is 2.38 bits per heavy atom. The molecule has 29 heavy (non-hydrogen) atoms. The summed E-state index contributed by atoms with van der Waals surface area (Å²) in [4.78, 5) is 31.7. The molecule has 5 nitrogen and oxygen atoms in total. The Balaban J connectivity index is 2.12. The van der Waals surface area contributed by atoms with Crippen LogP contribution in [0.2, 0.25) is 0 Å². The number of methoxy groups -OCH3 is 1. The number of carbonyl (C=O) groups excluding carboxylic acids is 2. The molecule has 2 rings (SSSR count). The second kappa shape index (κ2) is 12.4. The maximum Gasteiger partial charge on any atom is 0.242 e. The summed E-state index contributed by atoms with van der Waals surface area (Å²) < 4.78 is 5.11. The first-order valence-corrected chi connectivity index (χ1v) is 11.0. The molecule has 2 aromatic rings. The standard InChI is InChI=1S/C23H32N2O3S/c1-4-9-22(26)24(14-8-15-28-3)18-23(27)25(16-20-10-6-5-7-11-20)17-21-13-12-19(2)29-21/h5-7,10-13H,4,8-9,14-18H2,1-3H3. The highest BCUT2D eigenvalue weighted by Gasteiger charge is 2.21. The van der Waals surface area contributed by atoms with E-state index in [0.29, 0.717) is 32.7 Å². The van der Waals surface area contributed by atoms with Crippen LogP contribution in [0.5, 0.6) is 0 Å².